The van der Waals surface area contributed by atoms with E-state index in [0.29, 0.717) is 16.8 Å². The molecule has 0 aliphatic carbocycles. The number of H-pyrrole nitrogens is 1. The fourth-order valence-electron chi connectivity index (χ4n) is 2.37. The molecule has 6 nitrogen and oxygen atoms in total. The largest absolute Gasteiger partial charge is 0.497 e. The summed E-state index contributed by atoms with van der Waals surface area (Å²) in [6.07, 6.45) is 0. The number of carbonyl (C=O) groups is 1. The van der Waals surface area contributed by atoms with Gasteiger partial charge < -0.3 is 15.2 Å². The number of carbonyl (C=O) groups excluding carboxylic acids is 1. The van der Waals surface area contributed by atoms with Gasteiger partial charge in [0.25, 0.3) is 11.5 Å². The first kappa shape index (κ1) is 14.6. The van der Waals surface area contributed by atoms with Gasteiger partial charge in [-0.15, -0.1) is 0 Å². The van der Waals surface area contributed by atoms with E-state index in [9.17, 15) is 14.7 Å². The summed E-state index contributed by atoms with van der Waals surface area (Å²) >= 11 is 0. The van der Waals surface area contributed by atoms with Crippen molar-refractivity contribution < 1.29 is 14.6 Å². The first-order valence-electron chi connectivity index (χ1n) is 6.89. The van der Waals surface area contributed by atoms with Crippen LogP contribution < -0.4 is 15.6 Å². The number of fused-ring (bicyclic) bond motifs is 1. The molecular weight excluding hydrogens is 296 g/mol. The topological polar surface area (TPSA) is 91.4 Å². The van der Waals surface area contributed by atoms with E-state index in [0.717, 1.165) is 0 Å². The quantitative estimate of drug-likeness (QED) is 0.693. The number of aromatic hydroxyl groups is 1. The standard InChI is InChI=1S/C17H14N2O4/c1-23-11-7-8-12-13(9-11)15(20)19-17(22)14(12)16(21)18-10-5-3-2-4-6-10/h2-9H,1H3,(H,18,21)(H2,19,20,22). The predicted octanol–water partition coefficient (Wildman–Crippen LogP) is 2.49. The third-order valence-corrected chi connectivity index (χ3v) is 3.47. The number of para-hydroxylation sites is 1. The number of methoxy groups -OCH3 is 1. The first-order valence-corrected chi connectivity index (χ1v) is 6.89. The van der Waals surface area contributed by atoms with E-state index in [-0.39, 0.29) is 10.9 Å². The predicted molar refractivity (Wildman–Crippen MR) is 87.2 cm³/mol. The number of aromatic nitrogens is 1. The number of pyridine rings is 1. The molecule has 0 unspecified atom stereocenters. The maximum atomic E-state index is 12.5. The molecule has 116 valence electrons. The van der Waals surface area contributed by atoms with E-state index in [1.54, 1.807) is 36.4 Å². The molecule has 0 atom stereocenters. The highest BCUT2D eigenvalue weighted by molar-refractivity contribution is 6.14. The normalized spacial score (nSPS) is 10.5. The van der Waals surface area contributed by atoms with E-state index in [1.807, 2.05) is 6.07 Å². The van der Waals surface area contributed by atoms with Crippen LogP contribution in [0.25, 0.3) is 10.8 Å². The summed E-state index contributed by atoms with van der Waals surface area (Å²) in [5, 5.41) is 13.3. The second-order valence-corrected chi connectivity index (χ2v) is 4.91. The van der Waals surface area contributed by atoms with Crippen molar-refractivity contribution in [2.75, 3.05) is 12.4 Å². The zero-order valence-corrected chi connectivity index (χ0v) is 12.3. The Kier molecular flexibility index (Phi) is 3.72. The maximum Gasteiger partial charge on any atom is 0.261 e. The zero-order chi connectivity index (χ0) is 16.4. The van der Waals surface area contributed by atoms with E-state index < -0.39 is 17.3 Å². The molecule has 6 heteroatoms. The second-order valence-electron chi connectivity index (χ2n) is 4.91. The van der Waals surface area contributed by atoms with Crippen LogP contribution in [-0.2, 0) is 0 Å². The molecular formula is C17H14N2O4. The number of amides is 1. The summed E-state index contributed by atoms with van der Waals surface area (Å²) in [6.45, 7) is 0. The molecule has 3 aromatic rings. The SMILES string of the molecule is COc1ccc2c(C(=O)Nc3ccccc3)c(O)[nH]c(=O)c2c1. The molecule has 0 saturated heterocycles. The summed E-state index contributed by atoms with van der Waals surface area (Å²) in [4.78, 5) is 26.8. The van der Waals surface area contributed by atoms with Crippen LogP contribution in [0.5, 0.6) is 11.6 Å². The minimum atomic E-state index is -0.514. The Morgan fingerprint density at radius 3 is 2.57 bits per heavy atom. The maximum absolute atomic E-state index is 12.5. The Morgan fingerprint density at radius 1 is 1.13 bits per heavy atom. The molecule has 0 bridgehead atoms. The van der Waals surface area contributed by atoms with Gasteiger partial charge in [-0.05, 0) is 30.3 Å². The fraction of sp³-hybridized carbons (Fsp3) is 0.0588. The lowest BCUT2D eigenvalue weighted by Gasteiger charge is -2.10. The highest BCUT2D eigenvalue weighted by Gasteiger charge is 2.18. The number of hydrogen-bond donors (Lipinski definition) is 3. The second kappa shape index (κ2) is 5.84. The number of anilines is 1. The molecule has 0 aliphatic rings. The summed E-state index contributed by atoms with van der Waals surface area (Å²) < 4.78 is 5.09. The van der Waals surface area contributed by atoms with Crippen LogP contribution in [0.1, 0.15) is 10.4 Å². The monoisotopic (exact) mass is 310 g/mol. The Bertz CT molecular complexity index is 932. The van der Waals surface area contributed by atoms with Crippen LogP contribution in [0.15, 0.2) is 53.3 Å². The van der Waals surface area contributed by atoms with Crippen molar-refractivity contribution in [3.63, 3.8) is 0 Å². The molecule has 0 fully saturated rings. The van der Waals surface area contributed by atoms with Crippen molar-refractivity contribution in [2.24, 2.45) is 0 Å². The minimum absolute atomic E-state index is 0.00565. The van der Waals surface area contributed by atoms with Crippen LogP contribution >= 0.6 is 0 Å². The van der Waals surface area contributed by atoms with Gasteiger partial charge >= 0.3 is 0 Å². The minimum Gasteiger partial charge on any atom is -0.497 e. The smallest absolute Gasteiger partial charge is 0.261 e. The van der Waals surface area contributed by atoms with Gasteiger partial charge in [0.2, 0.25) is 5.88 Å². The van der Waals surface area contributed by atoms with E-state index >= 15 is 0 Å². The van der Waals surface area contributed by atoms with Crippen LogP contribution in [0.4, 0.5) is 5.69 Å². The summed E-state index contributed by atoms with van der Waals surface area (Å²) in [5.41, 5.74) is 0.100. The highest BCUT2D eigenvalue weighted by Crippen LogP contribution is 2.26. The van der Waals surface area contributed by atoms with Crippen LogP contribution in [0.3, 0.4) is 0 Å². The van der Waals surface area contributed by atoms with Gasteiger partial charge in [-0.25, -0.2) is 0 Å². The van der Waals surface area contributed by atoms with Crippen molar-refractivity contribution in [3.05, 3.63) is 64.4 Å². The van der Waals surface area contributed by atoms with E-state index in [1.165, 1.54) is 13.2 Å². The Hall–Kier alpha value is -3.28. The van der Waals surface area contributed by atoms with Gasteiger partial charge in [0.1, 0.15) is 11.3 Å². The van der Waals surface area contributed by atoms with Gasteiger partial charge in [-0.3, -0.25) is 14.6 Å². The number of benzene rings is 2. The highest BCUT2D eigenvalue weighted by atomic mass is 16.5. The number of rotatable bonds is 3. The van der Waals surface area contributed by atoms with Gasteiger partial charge in [0.05, 0.1) is 12.5 Å². The zero-order valence-electron chi connectivity index (χ0n) is 12.3. The van der Waals surface area contributed by atoms with Crippen molar-refractivity contribution in [3.8, 4) is 11.6 Å². The average Bonchev–Trinajstić information content (AvgIpc) is 2.55. The third-order valence-electron chi connectivity index (χ3n) is 3.47. The van der Waals surface area contributed by atoms with Crippen LogP contribution in [-0.4, -0.2) is 23.1 Å². The molecule has 3 rings (SSSR count). The fourth-order valence-corrected chi connectivity index (χ4v) is 2.37. The van der Waals surface area contributed by atoms with Crippen molar-refractivity contribution >= 4 is 22.4 Å². The number of ether oxygens (including phenoxy) is 1. The van der Waals surface area contributed by atoms with Crippen molar-refractivity contribution in [2.45, 2.75) is 0 Å². The number of aromatic amines is 1. The third kappa shape index (κ3) is 2.74. The molecule has 2 aromatic carbocycles. The molecule has 0 spiro atoms. The Morgan fingerprint density at radius 2 is 1.87 bits per heavy atom. The summed E-state index contributed by atoms with van der Waals surface area (Å²) in [7, 11) is 1.48. The first-order chi connectivity index (χ1) is 11.1. The summed E-state index contributed by atoms with van der Waals surface area (Å²) in [6, 6.07) is 13.6. The summed E-state index contributed by atoms with van der Waals surface area (Å²) in [5.74, 6) is -0.496. The van der Waals surface area contributed by atoms with Gasteiger partial charge in [0, 0.05) is 11.1 Å². The van der Waals surface area contributed by atoms with Crippen molar-refractivity contribution in [1.29, 1.82) is 0 Å². The Balaban J connectivity index is 2.13. The lowest BCUT2D eigenvalue weighted by atomic mass is 10.1. The van der Waals surface area contributed by atoms with E-state index in [4.69, 9.17) is 4.74 Å². The molecule has 3 N–H and O–H groups in total. The Labute approximate surface area is 131 Å². The van der Waals surface area contributed by atoms with Gasteiger partial charge in [-0.2, -0.15) is 0 Å². The molecule has 1 heterocycles. The molecule has 0 radical (unpaired) electrons. The lowest BCUT2D eigenvalue weighted by molar-refractivity contribution is 0.102. The molecule has 0 saturated carbocycles. The average molecular weight is 310 g/mol. The molecule has 0 aliphatic heterocycles. The lowest BCUT2D eigenvalue weighted by Crippen LogP contribution is -2.17. The van der Waals surface area contributed by atoms with Crippen LogP contribution in [0, 0.1) is 0 Å². The molecule has 1 amide bonds. The molecule has 23 heavy (non-hydrogen) atoms. The van der Waals surface area contributed by atoms with Crippen molar-refractivity contribution in [1.82, 2.24) is 4.98 Å². The molecule has 1 aromatic heterocycles. The number of nitrogens with one attached hydrogen (secondary N) is 2. The van der Waals surface area contributed by atoms with Gasteiger partial charge in [0.15, 0.2) is 0 Å². The number of hydrogen-bond acceptors (Lipinski definition) is 4. The van der Waals surface area contributed by atoms with E-state index in [2.05, 4.69) is 10.3 Å². The van der Waals surface area contributed by atoms with Crippen LogP contribution in [0.2, 0.25) is 0 Å². The van der Waals surface area contributed by atoms with Gasteiger partial charge in [-0.1, -0.05) is 18.2 Å².